The van der Waals surface area contributed by atoms with Gasteiger partial charge in [0.15, 0.2) is 5.60 Å². The third kappa shape index (κ3) is 8.15. The Hall–Kier alpha value is -4.20. The van der Waals surface area contributed by atoms with Gasteiger partial charge in [-0.25, -0.2) is 13.8 Å². The standard InChI is InChI=1S/C29H28F5N3O3/c1-18(37-27(38)28(2,3)40-26-9-6-22(17-36-26)29(32,33)34)25(21-12-20(16-35)13-23(31)15-21)14-19-4-7-24(8-5-19)39-11-10-30/h4-9,12-13,15,17-18,25H,10-11,14H2,1-3H3,(H,37,38)/t18-,25+/m0/s1. The minimum atomic E-state index is -4.56. The van der Waals surface area contributed by atoms with E-state index >= 15 is 0 Å². The Kier molecular flexibility index (Phi) is 9.69. The minimum absolute atomic E-state index is 0.0783. The lowest BCUT2D eigenvalue weighted by Gasteiger charge is -2.31. The summed E-state index contributed by atoms with van der Waals surface area (Å²) in [4.78, 5) is 16.9. The molecule has 0 fully saturated rings. The molecule has 3 aromatic rings. The molecule has 0 saturated carbocycles. The first-order valence-corrected chi connectivity index (χ1v) is 12.3. The lowest BCUT2D eigenvalue weighted by Crippen LogP contribution is -2.51. The number of pyridine rings is 1. The zero-order chi connectivity index (χ0) is 29.5. The van der Waals surface area contributed by atoms with Gasteiger partial charge in [-0.2, -0.15) is 18.4 Å². The van der Waals surface area contributed by atoms with E-state index < -0.39 is 47.7 Å². The summed E-state index contributed by atoms with van der Waals surface area (Å²) < 4.78 is 76.1. The van der Waals surface area contributed by atoms with Gasteiger partial charge >= 0.3 is 6.18 Å². The number of rotatable bonds is 11. The van der Waals surface area contributed by atoms with Gasteiger partial charge in [-0.15, -0.1) is 0 Å². The van der Waals surface area contributed by atoms with Crippen LogP contribution in [0.2, 0.25) is 0 Å². The summed E-state index contributed by atoms with van der Waals surface area (Å²) in [6.45, 7) is 3.89. The predicted octanol–water partition coefficient (Wildman–Crippen LogP) is 6.15. The van der Waals surface area contributed by atoms with Crippen molar-refractivity contribution < 1.29 is 36.2 Å². The monoisotopic (exact) mass is 561 g/mol. The van der Waals surface area contributed by atoms with Crippen molar-refractivity contribution in [3.8, 4) is 17.7 Å². The van der Waals surface area contributed by atoms with E-state index in [2.05, 4.69) is 10.3 Å². The second-order valence-electron chi connectivity index (χ2n) is 9.63. The smallest absolute Gasteiger partial charge is 0.417 e. The van der Waals surface area contributed by atoms with E-state index in [0.717, 1.165) is 23.8 Å². The van der Waals surface area contributed by atoms with E-state index in [1.165, 1.54) is 19.9 Å². The minimum Gasteiger partial charge on any atom is -0.491 e. The first-order valence-electron chi connectivity index (χ1n) is 12.3. The van der Waals surface area contributed by atoms with Crippen molar-refractivity contribution >= 4 is 5.91 Å². The van der Waals surface area contributed by atoms with Gasteiger partial charge < -0.3 is 14.8 Å². The van der Waals surface area contributed by atoms with E-state index in [1.807, 2.05) is 6.07 Å². The van der Waals surface area contributed by atoms with Crippen molar-refractivity contribution in [2.24, 2.45) is 0 Å². The van der Waals surface area contributed by atoms with E-state index in [-0.39, 0.29) is 18.1 Å². The Morgan fingerprint density at radius 3 is 2.38 bits per heavy atom. The second kappa shape index (κ2) is 12.8. The topological polar surface area (TPSA) is 84.2 Å². The van der Waals surface area contributed by atoms with Gasteiger partial charge in [0.05, 0.1) is 17.2 Å². The number of hydrogen-bond donors (Lipinski definition) is 1. The lowest BCUT2D eigenvalue weighted by atomic mass is 9.85. The SMILES string of the molecule is C[C@H](NC(=O)C(C)(C)Oc1ccc(C(F)(F)F)cn1)[C@@H](Cc1ccc(OCCF)cc1)c1cc(F)cc(C#N)c1. The van der Waals surface area contributed by atoms with Crippen LogP contribution in [0.3, 0.4) is 0 Å². The third-order valence-corrected chi connectivity index (χ3v) is 6.13. The first-order chi connectivity index (χ1) is 18.8. The molecule has 0 aliphatic carbocycles. The van der Waals surface area contributed by atoms with Crippen LogP contribution in [0, 0.1) is 17.1 Å². The number of nitrogens with one attached hydrogen (secondary N) is 1. The van der Waals surface area contributed by atoms with Crippen molar-refractivity contribution in [1.82, 2.24) is 10.3 Å². The van der Waals surface area contributed by atoms with Crippen molar-refractivity contribution in [3.05, 3.63) is 88.9 Å². The van der Waals surface area contributed by atoms with Gasteiger partial charge in [0.1, 0.15) is 24.8 Å². The number of benzene rings is 2. The van der Waals surface area contributed by atoms with Crippen LogP contribution in [-0.2, 0) is 17.4 Å². The van der Waals surface area contributed by atoms with Crippen molar-refractivity contribution in [3.63, 3.8) is 0 Å². The highest BCUT2D eigenvalue weighted by Crippen LogP contribution is 2.31. The molecule has 1 amide bonds. The zero-order valence-electron chi connectivity index (χ0n) is 22.1. The van der Waals surface area contributed by atoms with Gasteiger partial charge in [0, 0.05) is 24.2 Å². The van der Waals surface area contributed by atoms with Crippen LogP contribution in [0.1, 0.15) is 48.9 Å². The average Bonchev–Trinajstić information content (AvgIpc) is 2.90. The van der Waals surface area contributed by atoms with E-state index in [0.29, 0.717) is 23.9 Å². The Balaban J connectivity index is 1.81. The molecule has 3 rings (SSSR count). The van der Waals surface area contributed by atoms with Crippen LogP contribution in [0.15, 0.2) is 60.8 Å². The van der Waals surface area contributed by atoms with Gasteiger partial charge in [-0.05, 0) is 74.7 Å². The Bertz CT molecular complexity index is 1340. The molecule has 1 heterocycles. The van der Waals surface area contributed by atoms with Gasteiger partial charge in [-0.1, -0.05) is 12.1 Å². The summed E-state index contributed by atoms with van der Waals surface area (Å²) in [5.41, 5.74) is -1.07. The molecule has 0 aliphatic heterocycles. The Morgan fingerprint density at radius 2 is 1.80 bits per heavy atom. The highest BCUT2D eigenvalue weighted by atomic mass is 19.4. The van der Waals surface area contributed by atoms with Crippen molar-refractivity contribution in [2.75, 3.05) is 13.3 Å². The quantitative estimate of drug-likeness (QED) is 0.284. The molecule has 11 heteroatoms. The molecule has 0 aliphatic rings. The molecule has 212 valence electrons. The maximum absolute atomic E-state index is 14.4. The van der Waals surface area contributed by atoms with Crippen LogP contribution in [0.5, 0.6) is 11.6 Å². The van der Waals surface area contributed by atoms with Crippen LogP contribution in [0.4, 0.5) is 22.0 Å². The van der Waals surface area contributed by atoms with Crippen molar-refractivity contribution in [1.29, 1.82) is 5.26 Å². The Morgan fingerprint density at radius 1 is 1.10 bits per heavy atom. The fourth-order valence-corrected chi connectivity index (χ4v) is 4.00. The molecule has 1 N–H and O–H groups in total. The normalized spacial score (nSPS) is 13.2. The summed E-state index contributed by atoms with van der Waals surface area (Å²) in [7, 11) is 0. The molecule has 2 atom stereocenters. The highest BCUT2D eigenvalue weighted by molar-refractivity contribution is 5.85. The number of aromatic nitrogens is 1. The Labute approximate surface area is 228 Å². The number of amides is 1. The number of nitriles is 1. The summed E-state index contributed by atoms with van der Waals surface area (Å²) in [5, 5.41) is 12.2. The average molecular weight is 562 g/mol. The molecule has 1 aromatic heterocycles. The van der Waals surface area contributed by atoms with Crippen LogP contribution < -0.4 is 14.8 Å². The molecule has 0 unspecified atom stereocenters. The predicted molar refractivity (Wildman–Crippen MR) is 137 cm³/mol. The fraction of sp³-hybridized carbons (Fsp3) is 0.345. The van der Waals surface area contributed by atoms with Crippen LogP contribution in [-0.4, -0.2) is 35.8 Å². The highest BCUT2D eigenvalue weighted by Gasteiger charge is 2.35. The number of carbonyl (C=O) groups is 1. The van der Waals surface area contributed by atoms with Crippen LogP contribution in [0.25, 0.3) is 0 Å². The number of halogens is 5. The second-order valence-corrected chi connectivity index (χ2v) is 9.63. The third-order valence-electron chi connectivity index (χ3n) is 6.13. The number of ether oxygens (including phenoxy) is 2. The number of nitrogens with zero attached hydrogens (tertiary/aromatic N) is 2. The molecular weight excluding hydrogens is 533 g/mol. The molecule has 2 aromatic carbocycles. The first kappa shape index (κ1) is 30.3. The molecule has 0 radical (unpaired) electrons. The summed E-state index contributed by atoms with van der Waals surface area (Å²) in [5.74, 6) is -1.38. The maximum Gasteiger partial charge on any atom is 0.417 e. The van der Waals surface area contributed by atoms with Crippen LogP contribution >= 0.6 is 0 Å². The summed E-state index contributed by atoms with van der Waals surface area (Å²) >= 11 is 0. The molecular formula is C29H28F5N3O3. The van der Waals surface area contributed by atoms with E-state index in [9.17, 15) is 32.0 Å². The van der Waals surface area contributed by atoms with E-state index in [1.54, 1.807) is 37.3 Å². The number of alkyl halides is 4. The van der Waals surface area contributed by atoms with Crippen molar-refractivity contribution in [2.45, 2.75) is 50.9 Å². The molecule has 0 bridgehead atoms. The zero-order valence-corrected chi connectivity index (χ0v) is 22.1. The number of carbonyl (C=O) groups excluding carboxylic acids is 1. The van der Waals surface area contributed by atoms with Gasteiger partial charge in [-0.3, -0.25) is 4.79 Å². The molecule has 40 heavy (non-hydrogen) atoms. The largest absolute Gasteiger partial charge is 0.491 e. The number of hydrogen-bond acceptors (Lipinski definition) is 5. The molecule has 0 spiro atoms. The van der Waals surface area contributed by atoms with Gasteiger partial charge in [0.2, 0.25) is 5.88 Å². The van der Waals surface area contributed by atoms with E-state index in [4.69, 9.17) is 9.47 Å². The molecule has 6 nitrogen and oxygen atoms in total. The molecule has 0 saturated heterocycles. The summed E-state index contributed by atoms with van der Waals surface area (Å²) in [6.07, 6.45) is -3.61. The lowest BCUT2D eigenvalue weighted by molar-refractivity contribution is -0.138. The maximum atomic E-state index is 14.4. The summed E-state index contributed by atoms with van der Waals surface area (Å²) in [6, 6.07) is 14.0. The van der Waals surface area contributed by atoms with Gasteiger partial charge in [0.25, 0.3) is 5.91 Å². The fourth-order valence-electron chi connectivity index (χ4n) is 4.00.